The Bertz CT molecular complexity index is 428. The Morgan fingerprint density at radius 3 is 2.44 bits per heavy atom. The molecule has 1 aromatic rings. The Hall–Kier alpha value is -1.11. The minimum atomic E-state index is -3.52. The number of hydrogen-bond donors (Lipinski definition) is 3. The molecule has 90 valence electrons. The van der Waals surface area contributed by atoms with Crippen LogP contribution in [0.1, 0.15) is 13.3 Å². The second-order valence-corrected chi connectivity index (χ2v) is 5.32. The highest BCUT2D eigenvalue weighted by Gasteiger charge is 2.16. The number of nitrogens with one attached hydrogen (secondary N) is 1. The number of hydrogen-bond acceptors (Lipinski definition) is 4. The van der Waals surface area contributed by atoms with Crippen LogP contribution in [0.5, 0.6) is 0 Å². The highest BCUT2D eigenvalue weighted by molar-refractivity contribution is 7.89. The maximum atomic E-state index is 11.8. The molecule has 0 heterocycles. The topological polar surface area (TPSA) is 92.4 Å². The maximum Gasteiger partial charge on any atom is 0.240 e. The summed E-state index contributed by atoms with van der Waals surface area (Å²) in [6, 6.07) is 5.66. The van der Waals surface area contributed by atoms with Crippen molar-refractivity contribution in [2.75, 3.05) is 12.3 Å². The van der Waals surface area contributed by atoms with E-state index in [9.17, 15) is 8.42 Å². The molecule has 0 fully saturated rings. The first-order chi connectivity index (χ1) is 7.45. The molecule has 0 spiro atoms. The molecule has 0 radical (unpaired) electrons. The molecule has 0 bridgehead atoms. The summed E-state index contributed by atoms with van der Waals surface area (Å²) >= 11 is 0. The largest absolute Gasteiger partial charge is 0.399 e. The molecule has 0 saturated heterocycles. The van der Waals surface area contributed by atoms with Crippen molar-refractivity contribution >= 4 is 15.7 Å². The van der Waals surface area contributed by atoms with Gasteiger partial charge in [0, 0.05) is 18.3 Å². The average Bonchev–Trinajstić information content (AvgIpc) is 2.17. The van der Waals surface area contributed by atoms with Gasteiger partial charge in [0.25, 0.3) is 0 Å². The highest BCUT2D eigenvalue weighted by atomic mass is 32.2. The lowest BCUT2D eigenvalue weighted by atomic mass is 10.3. The minimum absolute atomic E-state index is 0.0502. The fourth-order valence-electron chi connectivity index (χ4n) is 1.23. The summed E-state index contributed by atoms with van der Waals surface area (Å²) in [6.07, 6.45) is 0.383. The Kier molecular flexibility index (Phi) is 4.28. The molecule has 0 amide bonds. The third-order valence-electron chi connectivity index (χ3n) is 2.11. The zero-order chi connectivity index (χ0) is 12.2. The number of benzene rings is 1. The van der Waals surface area contributed by atoms with Crippen LogP contribution in [0.2, 0.25) is 0 Å². The van der Waals surface area contributed by atoms with Gasteiger partial charge >= 0.3 is 0 Å². The van der Waals surface area contributed by atoms with Gasteiger partial charge in [0.1, 0.15) is 0 Å². The average molecular weight is 244 g/mol. The van der Waals surface area contributed by atoms with Gasteiger partial charge in [-0.3, -0.25) is 0 Å². The standard InChI is InChI=1S/C10H16N2O3S/c1-8(6-7-13)12-16(14,15)10-4-2-9(11)3-5-10/h2-5,8,12-13H,6-7,11H2,1H3. The first-order valence-corrected chi connectivity index (χ1v) is 6.43. The van der Waals surface area contributed by atoms with E-state index in [0.717, 1.165) is 0 Å². The Balaban J connectivity index is 2.82. The van der Waals surface area contributed by atoms with Gasteiger partial charge in [-0.05, 0) is 37.6 Å². The van der Waals surface area contributed by atoms with E-state index >= 15 is 0 Å². The number of aliphatic hydroxyl groups is 1. The second-order valence-electron chi connectivity index (χ2n) is 3.60. The van der Waals surface area contributed by atoms with Gasteiger partial charge in [0.05, 0.1) is 4.90 Å². The van der Waals surface area contributed by atoms with Crippen molar-refractivity contribution in [1.82, 2.24) is 4.72 Å². The quantitative estimate of drug-likeness (QED) is 0.650. The third kappa shape index (κ3) is 3.48. The van der Waals surface area contributed by atoms with Crippen molar-refractivity contribution in [3.63, 3.8) is 0 Å². The zero-order valence-corrected chi connectivity index (χ0v) is 9.87. The second kappa shape index (κ2) is 5.29. The van der Waals surface area contributed by atoms with E-state index in [1.54, 1.807) is 6.92 Å². The first kappa shape index (κ1) is 13.0. The molecule has 6 heteroatoms. The molecule has 16 heavy (non-hydrogen) atoms. The third-order valence-corrected chi connectivity index (χ3v) is 3.71. The normalized spacial score (nSPS) is 13.6. The molecule has 0 aliphatic heterocycles. The monoisotopic (exact) mass is 244 g/mol. The van der Waals surface area contributed by atoms with E-state index < -0.39 is 10.0 Å². The summed E-state index contributed by atoms with van der Waals surface area (Å²) in [5.41, 5.74) is 5.99. The van der Waals surface area contributed by atoms with Gasteiger partial charge in [-0.15, -0.1) is 0 Å². The molecule has 0 aliphatic rings. The Labute approximate surface area is 95.3 Å². The zero-order valence-electron chi connectivity index (χ0n) is 9.05. The first-order valence-electron chi connectivity index (χ1n) is 4.94. The number of sulfonamides is 1. The van der Waals surface area contributed by atoms with Gasteiger partial charge in [-0.1, -0.05) is 0 Å². The molecular weight excluding hydrogens is 228 g/mol. The summed E-state index contributed by atoms with van der Waals surface area (Å²) in [5, 5.41) is 8.69. The predicted octanol–water partition coefficient (Wildman–Crippen LogP) is 0.318. The molecule has 0 aromatic heterocycles. The Morgan fingerprint density at radius 2 is 1.94 bits per heavy atom. The molecule has 1 rings (SSSR count). The smallest absolute Gasteiger partial charge is 0.240 e. The van der Waals surface area contributed by atoms with E-state index in [0.29, 0.717) is 12.1 Å². The Morgan fingerprint density at radius 1 is 1.38 bits per heavy atom. The summed E-state index contributed by atoms with van der Waals surface area (Å²) in [5.74, 6) is 0. The lowest BCUT2D eigenvalue weighted by Gasteiger charge is -2.12. The number of aliphatic hydroxyl groups excluding tert-OH is 1. The fraction of sp³-hybridized carbons (Fsp3) is 0.400. The van der Waals surface area contributed by atoms with Crippen LogP contribution in [-0.4, -0.2) is 26.2 Å². The van der Waals surface area contributed by atoms with E-state index in [4.69, 9.17) is 10.8 Å². The highest BCUT2D eigenvalue weighted by Crippen LogP contribution is 2.12. The summed E-state index contributed by atoms with van der Waals surface area (Å²) in [4.78, 5) is 0.173. The van der Waals surface area contributed by atoms with Gasteiger partial charge in [-0.25, -0.2) is 13.1 Å². The van der Waals surface area contributed by atoms with Crippen molar-refractivity contribution in [2.24, 2.45) is 0 Å². The van der Waals surface area contributed by atoms with Crippen molar-refractivity contribution in [3.8, 4) is 0 Å². The van der Waals surface area contributed by atoms with Crippen LogP contribution in [-0.2, 0) is 10.0 Å². The molecule has 5 nitrogen and oxygen atoms in total. The molecule has 0 saturated carbocycles. The van der Waals surface area contributed by atoms with E-state index in [-0.39, 0.29) is 17.5 Å². The van der Waals surface area contributed by atoms with Gasteiger partial charge in [-0.2, -0.15) is 0 Å². The van der Waals surface area contributed by atoms with Crippen molar-refractivity contribution in [3.05, 3.63) is 24.3 Å². The van der Waals surface area contributed by atoms with Crippen molar-refractivity contribution in [1.29, 1.82) is 0 Å². The lowest BCUT2D eigenvalue weighted by molar-refractivity contribution is 0.275. The summed E-state index contributed by atoms with van der Waals surface area (Å²) < 4.78 is 26.1. The molecule has 1 atom stereocenters. The van der Waals surface area contributed by atoms with Crippen LogP contribution in [0, 0.1) is 0 Å². The summed E-state index contributed by atoms with van der Waals surface area (Å²) in [6.45, 7) is 1.65. The van der Waals surface area contributed by atoms with Crippen molar-refractivity contribution in [2.45, 2.75) is 24.3 Å². The van der Waals surface area contributed by atoms with Crippen LogP contribution in [0.3, 0.4) is 0 Å². The number of nitrogen functional groups attached to an aromatic ring is 1. The molecule has 0 aliphatic carbocycles. The van der Waals surface area contributed by atoms with Crippen LogP contribution >= 0.6 is 0 Å². The number of nitrogens with two attached hydrogens (primary N) is 1. The van der Waals surface area contributed by atoms with E-state index in [1.165, 1.54) is 24.3 Å². The van der Waals surface area contributed by atoms with Crippen LogP contribution < -0.4 is 10.5 Å². The summed E-state index contributed by atoms with van der Waals surface area (Å²) in [7, 11) is -3.52. The molecule has 1 aromatic carbocycles. The molecule has 1 unspecified atom stereocenters. The predicted molar refractivity (Wildman–Crippen MR) is 62.3 cm³/mol. The van der Waals surface area contributed by atoms with Gasteiger partial charge < -0.3 is 10.8 Å². The maximum absolute atomic E-state index is 11.8. The van der Waals surface area contributed by atoms with Crippen LogP contribution in [0.15, 0.2) is 29.2 Å². The van der Waals surface area contributed by atoms with Crippen molar-refractivity contribution < 1.29 is 13.5 Å². The molecule has 4 N–H and O–H groups in total. The van der Waals surface area contributed by atoms with Crippen LogP contribution in [0.25, 0.3) is 0 Å². The van der Waals surface area contributed by atoms with E-state index in [1.807, 2.05) is 0 Å². The van der Waals surface area contributed by atoms with Gasteiger partial charge in [0.2, 0.25) is 10.0 Å². The molecular formula is C10H16N2O3S. The van der Waals surface area contributed by atoms with E-state index in [2.05, 4.69) is 4.72 Å². The fourth-order valence-corrected chi connectivity index (χ4v) is 2.51. The lowest BCUT2D eigenvalue weighted by Crippen LogP contribution is -2.33. The minimum Gasteiger partial charge on any atom is -0.399 e. The number of anilines is 1. The van der Waals surface area contributed by atoms with Crippen LogP contribution in [0.4, 0.5) is 5.69 Å². The number of rotatable bonds is 5. The SMILES string of the molecule is CC(CCO)NS(=O)(=O)c1ccc(N)cc1. The van der Waals surface area contributed by atoms with Gasteiger partial charge in [0.15, 0.2) is 0 Å².